The lowest BCUT2D eigenvalue weighted by molar-refractivity contribution is 0.0509. The first-order valence-electron chi connectivity index (χ1n) is 17.5. The lowest BCUT2D eigenvalue weighted by Gasteiger charge is -2.34. The third-order valence-electron chi connectivity index (χ3n) is 9.29. The molecule has 53 heavy (non-hydrogen) atoms. The molecular weight excluding hydrogens is 685 g/mol. The fourth-order valence-electron chi connectivity index (χ4n) is 7.08. The van der Waals surface area contributed by atoms with Crippen molar-refractivity contribution in [1.29, 1.82) is 0 Å². The molecule has 0 spiro atoms. The zero-order chi connectivity index (χ0) is 36.6. The van der Waals surface area contributed by atoms with Gasteiger partial charge in [-0.15, -0.1) is 0 Å². The molecule has 6 aromatic rings. The summed E-state index contributed by atoms with van der Waals surface area (Å²) in [4.78, 5) is 3.57. The van der Waals surface area contributed by atoms with E-state index in [1.54, 1.807) is 21.3 Å². The van der Waals surface area contributed by atoms with E-state index in [0.29, 0.717) is 6.61 Å². The van der Waals surface area contributed by atoms with Crippen LogP contribution in [0.4, 0.5) is 0 Å². The van der Waals surface area contributed by atoms with Crippen LogP contribution in [-0.4, -0.2) is 48.3 Å². The monoisotopic (exact) mass is 727 g/mol. The summed E-state index contributed by atoms with van der Waals surface area (Å²) >= 11 is 0. The fraction of sp³-hybridized carbons (Fsp3) is 0.200. The van der Waals surface area contributed by atoms with Crippen LogP contribution in [0.5, 0.6) is 23.0 Å². The highest BCUT2D eigenvalue weighted by Crippen LogP contribution is 2.57. The maximum Gasteiger partial charge on any atom is 0.188 e. The van der Waals surface area contributed by atoms with Crippen LogP contribution in [-0.2, 0) is 30.5 Å². The van der Waals surface area contributed by atoms with Crippen molar-refractivity contribution in [3.63, 3.8) is 0 Å². The van der Waals surface area contributed by atoms with Crippen LogP contribution in [0.1, 0.15) is 29.2 Å². The molecule has 6 aromatic carbocycles. The number of fused-ring (bicyclic) bond motifs is 3. The number of rotatable bonds is 16. The average molecular weight is 728 g/mol. The van der Waals surface area contributed by atoms with E-state index in [0.717, 1.165) is 34.1 Å². The molecule has 0 N–H and O–H groups in total. The maximum absolute atomic E-state index is 5.81. The van der Waals surface area contributed by atoms with Gasteiger partial charge in [0.1, 0.15) is 23.0 Å². The lowest BCUT2D eigenvalue weighted by Crippen LogP contribution is -2.28. The van der Waals surface area contributed by atoms with Crippen molar-refractivity contribution in [2.45, 2.75) is 27.0 Å². The van der Waals surface area contributed by atoms with Gasteiger partial charge in [0, 0.05) is 27.4 Å². The van der Waals surface area contributed by atoms with Gasteiger partial charge in [0.15, 0.2) is 35.1 Å². The predicted molar refractivity (Wildman–Crippen MR) is 207 cm³/mol. The molecule has 1 atom stereocenters. The molecular formula is C45H43O7S+. The minimum Gasteiger partial charge on any atom is -0.494 e. The Kier molecular flexibility index (Phi) is 11.3. The number of benzene rings is 6. The first-order valence-corrected chi connectivity index (χ1v) is 18.7. The molecule has 0 saturated carbocycles. The van der Waals surface area contributed by atoms with Crippen LogP contribution < -0.4 is 18.9 Å². The topological polar surface area (TPSA) is 64.6 Å². The molecule has 270 valence electrons. The summed E-state index contributed by atoms with van der Waals surface area (Å²) in [5.41, 5.74) is 6.46. The molecule has 0 heterocycles. The van der Waals surface area contributed by atoms with Gasteiger partial charge in [-0.1, -0.05) is 54.6 Å². The predicted octanol–water partition coefficient (Wildman–Crippen LogP) is 9.49. The minimum absolute atomic E-state index is 0.182. The van der Waals surface area contributed by atoms with Crippen LogP contribution in [0.25, 0.3) is 11.1 Å². The normalized spacial score (nSPS) is 13.1. The molecule has 0 saturated heterocycles. The molecule has 0 radical (unpaired) electrons. The fourth-order valence-corrected chi connectivity index (χ4v) is 9.15. The van der Waals surface area contributed by atoms with Crippen LogP contribution in [0.2, 0.25) is 0 Å². The summed E-state index contributed by atoms with van der Waals surface area (Å²) in [7, 11) is 4.43. The number of hydrogen-bond donors (Lipinski definition) is 0. The third kappa shape index (κ3) is 7.24. The quantitative estimate of drug-likeness (QED) is 0.0726. The Balaban J connectivity index is 1.40. The van der Waals surface area contributed by atoms with Crippen molar-refractivity contribution in [1.82, 2.24) is 0 Å². The van der Waals surface area contributed by atoms with Crippen molar-refractivity contribution in [2.24, 2.45) is 0 Å². The molecule has 0 bridgehead atoms. The van der Waals surface area contributed by atoms with Gasteiger partial charge in [0.2, 0.25) is 0 Å². The number of hydrogen-bond acceptors (Lipinski definition) is 7. The molecule has 1 aliphatic carbocycles. The van der Waals surface area contributed by atoms with E-state index in [1.807, 2.05) is 43.3 Å². The van der Waals surface area contributed by atoms with Crippen molar-refractivity contribution in [3.05, 3.63) is 162 Å². The highest BCUT2D eigenvalue weighted by molar-refractivity contribution is 7.97. The van der Waals surface area contributed by atoms with Gasteiger partial charge in [0.25, 0.3) is 0 Å². The van der Waals surface area contributed by atoms with Gasteiger partial charge in [-0.2, -0.15) is 0 Å². The second kappa shape index (κ2) is 16.6. The van der Waals surface area contributed by atoms with Gasteiger partial charge in [-0.25, -0.2) is 0 Å². The number of methoxy groups -OCH3 is 3. The van der Waals surface area contributed by atoms with Crippen molar-refractivity contribution >= 4 is 10.9 Å². The van der Waals surface area contributed by atoms with Gasteiger partial charge in [0.05, 0.1) is 22.9 Å². The summed E-state index contributed by atoms with van der Waals surface area (Å²) in [6, 6.07) is 49.3. The average Bonchev–Trinajstić information content (AvgIpc) is 3.50. The van der Waals surface area contributed by atoms with E-state index in [1.165, 1.54) is 36.9 Å². The van der Waals surface area contributed by atoms with Crippen LogP contribution >= 0.6 is 0 Å². The van der Waals surface area contributed by atoms with Gasteiger partial charge in [-0.05, 0) is 119 Å². The molecule has 0 fully saturated rings. The van der Waals surface area contributed by atoms with E-state index in [2.05, 4.69) is 103 Å². The third-order valence-corrected chi connectivity index (χ3v) is 11.5. The zero-order valence-electron chi connectivity index (χ0n) is 30.4. The minimum atomic E-state index is -0.609. The van der Waals surface area contributed by atoms with E-state index in [4.69, 9.17) is 33.2 Å². The van der Waals surface area contributed by atoms with E-state index < -0.39 is 16.3 Å². The smallest absolute Gasteiger partial charge is 0.188 e. The Morgan fingerprint density at radius 3 is 1.32 bits per heavy atom. The Morgan fingerprint density at radius 1 is 0.434 bits per heavy atom. The molecule has 0 amide bonds. The van der Waals surface area contributed by atoms with Crippen molar-refractivity contribution in [3.8, 4) is 34.1 Å². The van der Waals surface area contributed by atoms with Gasteiger partial charge < -0.3 is 33.2 Å². The van der Waals surface area contributed by atoms with Crippen molar-refractivity contribution in [2.75, 3.05) is 48.3 Å². The van der Waals surface area contributed by atoms with E-state index in [9.17, 15) is 0 Å². The molecule has 7 nitrogen and oxygen atoms in total. The summed E-state index contributed by atoms with van der Waals surface area (Å²) in [5, 5.41) is 0. The zero-order valence-corrected chi connectivity index (χ0v) is 31.2. The van der Waals surface area contributed by atoms with Crippen LogP contribution in [0.3, 0.4) is 0 Å². The second-order valence-corrected chi connectivity index (χ2v) is 14.4. The van der Waals surface area contributed by atoms with Gasteiger partial charge in [-0.3, -0.25) is 0 Å². The standard InChI is InChI=1S/C45H43O7S/c1-5-49-34-18-22-38(23-19-34)53(39-24-20-37(21-25-39)52-31-48-4)40-26-27-44-42(28-40)41-8-6-7-9-43(41)45(44,32-10-14-35(15-11-32)50-29-46-2)33-12-16-36(17-13-33)51-30-47-3/h6-28H,5,29-31H2,1-4H3/q+1. The van der Waals surface area contributed by atoms with Crippen molar-refractivity contribution < 1.29 is 33.2 Å². The highest BCUT2D eigenvalue weighted by atomic mass is 32.2. The first kappa shape index (κ1) is 36.1. The van der Waals surface area contributed by atoms with Crippen LogP contribution in [0, 0.1) is 0 Å². The SMILES string of the molecule is CCOc1ccc([S+](c2ccc(OCOC)cc2)c2ccc3c(c2)-c2ccccc2C3(c2ccc(OCOC)cc2)c2ccc(OCOC)cc2)cc1. The summed E-state index contributed by atoms with van der Waals surface area (Å²) in [6.45, 7) is 3.18. The first-order chi connectivity index (χ1) is 26.1. The Hall–Kier alpha value is -5.25. The molecule has 1 aliphatic rings. The summed E-state index contributed by atoms with van der Waals surface area (Å²) < 4.78 is 38.6. The van der Waals surface area contributed by atoms with E-state index in [-0.39, 0.29) is 20.4 Å². The highest BCUT2D eigenvalue weighted by Gasteiger charge is 2.47. The van der Waals surface area contributed by atoms with E-state index >= 15 is 0 Å². The molecule has 0 aromatic heterocycles. The summed E-state index contributed by atoms with van der Waals surface area (Å²) in [6.07, 6.45) is 0. The molecule has 0 aliphatic heterocycles. The lowest BCUT2D eigenvalue weighted by atomic mass is 9.68. The maximum atomic E-state index is 5.81. The molecule has 1 unspecified atom stereocenters. The molecule has 8 heteroatoms. The second-order valence-electron chi connectivity index (χ2n) is 12.4. The largest absolute Gasteiger partial charge is 0.494 e. The van der Waals surface area contributed by atoms with Gasteiger partial charge >= 0.3 is 0 Å². The Labute approximate surface area is 314 Å². The Morgan fingerprint density at radius 2 is 0.849 bits per heavy atom. The van der Waals surface area contributed by atoms with Crippen LogP contribution in [0.15, 0.2) is 154 Å². The summed E-state index contributed by atoms with van der Waals surface area (Å²) in [5.74, 6) is 3.10. The Bertz CT molecular complexity index is 2050. The number of ether oxygens (including phenoxy) is 7. The molecule has 7 rings (SSSR count).